The normalized spacial score (nSPS) is 12.7. The molecule has 31 heavy (non-hydrogen) atoms. The van der Waals surface area contributed by atoms with E-state index in [2.05, 4.69) is 5.32 Å². The Kier molecular flexibility index (Phi) is 7.67. The van der Waals surface area contributed by atoms with Gasteiger partial charge in [0, 0.05) is 12.0 Å². The Bertz CT molecular complexity index is 972. The summed E-state index contributed by atoms with van der Waals surface area (Å²) in [6.45, 7) is 1.16. The van der Waals surface area contributed by atoms with Crippen LogP contribution in [0.1, 0.15) is 18.1 Å². The van der Waals surface area contributed by atoms with Crippen LogP contribution < -0.4 is 10.6 Å². The molecule has 2 aromatic rings. The van der Waals surface area contributed by atoms with Crippen LogP contribution in [0.5, 0.6) is 0 Å². The SMILES string of the molecule is C[C@H](NC(=O)Cc1c(F)c(F)c(F)c(F)c1F)C(=O)N[C@@H](Cc1ccccc1)C(=O)O. The van der Waals surface area contributed by atoms with Crippen molar-refractivity contribution in [1.29, 1.82) is 0 Å². The van der Waals surface area contributed by atoms with E-state index in [1.807, 2.05) is 5.32 Å². The van der Waals surface area contributed by atoms with Crippen LogP contribution in [-0.4, -0.2) is 35.0 Å². The number of carbonyl (C=O) groups excluding carboxylic acids is 2. The van der Waals surface area contributed by atoms with Crippen LogP contribution in [0.25, 0.3) is 0 Å². The summed E-state index contributed by atoms with van der Waals surface area (Å²) >= 11 is 0. The maximum Gasteiger partial charge on any atom is 0.326 e. The molecule has 0 saturated carbocycles. The van der Waals surface area contributed by atoms with Gasteiger partial charge in [-0.25, -0.2) is 26.7 Å². The van der Waals surface area contributed by atoms with E-state index in [9.17, 15) is 41.4 Å². The van der Waals surface area contributed by atoms with E-state index in [4.69, 9.17) is 0 Å². The van der Waals surface area contributed by atoms with Crippen molar-refractivity contribution in [2.24, 2.45) is 0 Å². The van der Waals surface area contributed by atoms with Crippen molar-refractivity contribution in [2.45, 2.75) is 31.8 Å². The first-order chi connectivity index (χ1) is 14.5. The van der Waals surface area contributed by atoms with Gasteiger partial charge in [-0.2, -0.15) is 0 Å². The van der Waals surface area contributed by atoms with Crippen molar-refractivity contribution < 1.29 is 41.4 Å². The summed E-state index contributed by atoms with van der Waals surface area (Å²) in [4.78, 5) is 35.6. The minimum absolute atomic E-state index is 0.0485. The smallest absolute Gasteiger partial charge is 0.326 e. The van der Waals surface area contributed by atoms with Gasteiger partial charge < -0.3 is 15.7 Å². The highest BCUT2D eigenvalue weighted by molar-refractivity contribution is 5.90. The number of halogens is 5. The van der Waals surface area contributed by atoms with Crippen molar-refractivity contribution in [2.75, 3.05) is 0 Å². The topological polar surface area (TPSA) is 95.5 Å². The van der Waals surface area contributed by atoms with Crippen LogP contribution in [-0.2, 0) is 27.2 Å². The monoisotopic (exact) mass is 444 g/mol. The van der Waals surface area contributed by atoms with Gasteiger partial charge in [0.05, 0.1) is 6.42 Å². The van der Waals surface area contributed by atoms with Crippen molar-refractivity contribution in [3.05, 3.63) is 70.5 Å². The number of amides is 2. The highest BCUT2D eigenvalue weighted by atomic mass is 19.2. The van der Waals surface area contributed by atoms with Crippen LogP contribution in [0.15, 0.2) is 30.3 Å². The number of nitrogens with one attached hydrogen (secondary N) is 2. The molecule has 0 spiro atoms. The second kappa shape index (κ2) is 10.0. The molecule has 0 aliphatic heterocycles. The molecular weight excluding hydrogens is 427 g/mol. The standard InChI is InChI=1S/C20H17F5N2O4/c1-9(19(29)27-12(20(30)31)7-10-5-3-2-4-6-10)26-13(28)8-11-14(21)16(23)18(25)17(24)15(11)22/h2-6,9,12H,7-8H2,1H3,(H,26,28)(H,27,29)(H,30,31)/t9-,12-/m0/s1. The molecule has 166 valence electrons. The first-order valence-electron chi connectivity index (χ1n) is 8.89. The number of rotatable bonds is 8. The predicted octanol–water partition coefficient (Wildman–Crippen LogP) is 2.24. The molecule has 0 radical (unpaired) electrons. The molecule has 6 nitrogen and oxygen atoms in total. The Morgan fingerprint density at radius 2 is 1.39 bits per heavy atom. The second-order valence-electron chi connectivity index (χ2n) is 6.60. The summed E-state index contributed by atoms with van der Waals surface area (Å²) in [5, 5.41) is 13.5. The number of carbonyl (C=O) groups is 3. The minimum Gasteiger partial charge on any atom is -0.480 e. The molecule has 0 aliphatic rings. The Labute approximate surface area is 173 Å². The molecule has 0 unspecified atom stereocenters. The predicted molar refractivity (Wildman–Crippen MR) is 97.3 cm³/mol. The number of benzene rings is 2. The van der Waals surface area contributed by atoms with Crippen molar-refractivity contribution in [1.82, 2.24) is 10.6 Å². The van der Waals surface area contributed by atoms with Crippen molar-refractivity contribution in [3.63, 3.8) is 0 Å². The van der Waals surface area contributed by atoms with Crippen LogP contribution in [0.4, 0.5) is 22.0 Å². The molecule has 0 bridgehead atoms. The first kappa shape index (κ1) is 23.8. The Hall–Kier alpha value is -3.50. The van der Waals surface area contributed by atoms with E-state index in [1.54, 1.807) is 30.3 Å². The van der Waals surface area contributed by atoms with E-state index in [0.29, 0.717) is 5.56 Å². The molecule has 2 aromatic carbocycles. The van der Waals surface area contributed by atoms with Gasteiger partial charge in [-0.3, -0.25) is 9.59 Å². The fraction of sp³-hybridized carbons (Fsp3) is 0.250. The van der Waals surface area contributed by atoms with Gasteiger partial charge in [0.2, 0.25) is 17.6 Å². The average Bonchev–Trinajstić information content (AvgIpc) is 2.74. The number of carboxylic acids is 1. The van der Waals surface area contributed by atoms with E-state index in [0.717, 1.165) is 6.92 Å². The molecule has 11 heteroatoms. The van der Waals surface area contributed by atoms with Crippen LogP contribution in [0, 0.1) is 29.1 Å². The van der Waals surface area contributed by atoms with E-state index in [-0.39, 0.29) is 6.42 Å². The Balaban J connectivity index is 2.04. The fourth-order valence-electron chi connectivity index (χ4n) is 2.67. The van der Waals surface area contributed by atoms with E-state index < -0.39 is 70.9 Å². The average molecular weight is 444 g/mol. The highest BCUT2D eigenvalue weighted by Crippen LogP contribution is 2.23. The number of hydrogen-bond acceptors (Lipinski definition) is 3. The molecule has 3 N–H and O–H groups in total. The second-order valence-corrected chi connectivity index (χ2v) is 6.60. The number of aliphatic carboxylic acids is 1. The minimum atomic E-state index is -2.36. The van der Waals surface area contributed by atoms with E-state index >= 15 is 0 Å². The van der Waals surface area contributed by atoms with Crippen LogP contribution >= 0.6 is 0 Å². The molecule has 0 fully saturated rings. The molecule has 0 heterocycles. The molecule has 2 atom stereocenters. The lowest BCUT2D eigenvalue weighted by atomic mass is 10.1. The fourth-order valence-corrected chi connectivity index (χ4v) is 2.67. The summed E-state index contributed by atoms with van der Waals surface area (Å²) in [5.41, 5.74) is -0.729. The zero-order valence-electron chi connectivity index (χ0n) is 16.0. The van der Waals surface area contributed by atoms with Gasteiger partial charge in [-0.15, -0.1) is 0 Å². The number of hydrogen-bond donors (Lipinski definition) is 3. The lowest BCUT2D eigenvalue weighted by Crippen LogP contribution is -2.51. The molecule has 2 amide bonds. The molecule has 0 aliphatic carbocycles. The Morgan fingerprint density at radius 3 is 1.90 bits per heavy atom. The zero-order chi connectivity index (χ0) is 23.3. The molecular formula is C20H17F5N2O4. The van der Waals surface area contributed by atoms with Gasteiger partial charge in [-0.1, -0.05) is 30.3 Å². The third-order valence-electron chi connectivity index (χ3n) is 4.31. The maximum atomic E-state index is 13.7. The highest BCUT2D eigenvalue weighted by Gasteiger charge is 2.28. The van der Waals surface area contributed by atoms with E-state index in [1.165, 1.54) is 0 Å². The summed E-state index contributed by atoms with van der Waals surface area (Å²) in [5.74, 6) is -14.5. The van der Waals surface area contributed by atoms with Gasteiger partial charge in [-0.05, 0) is 12.5 Å². The van der Waals surface area contributed by atoms with Gasteiger partial charge in [0.15, 0.2) is 23.3 Å². The summed E-state index contributed by atoms with van der Waals surface area (Å²) in [7, 11) is 0. The third kappa shape index (κ3) is 5.77. The number of carboxylic acid groups (broad SMARTS) is 1. The first-order valence-corrected chi connectivity index (χ1v) is 8.89. The molecule has 2 rings (SSSR count). The van der Waals surface area contributed by atoms with Gasteiger partial charge in [0.1, 0.15) is 12.1 Å². The van der Waals surface area contributed by atoms with Crippen LogP contribution in [0.3, 0.4) is 0 Å². The summed E-state index contributed by atoms with van der Waals surface area (Å²) in [6.07, 6.45) is -1.27. The summed E-state index contributed by atoms with van der Waals surface area (Å²) in [6, 6.07) is 5.70. The zero-order valence-corrected chi connectivity index (χ0v) is 16.0. The summed E-state index contributed by atoms with van der Waals surface area (Å²) < 4.78 is 66.9. The lowest BCUT2D eigenvalue weighted by Gasteiger charge is -2.19. The van der Waals surface area contributed by atoms with Crippen molar-refractivity contribution in [3.8, 4) is 0 Å². The van der Waals surface area contributed by atoms with Crippen LogP contribution in [0.2, 0.25) is 0 Å². The Morgan fingerprint density at radius 1 is 0.871 bits per heavy atom. The van der Waals surface area contributed by atoms with Gasteiger partial charge in [0.25, 0.3) is 0 Å². The molecule has 0 saturated heterocycles. The molecule has 0 aromatic heterocycles. The maximum absolute atomic E-state index is 13.7. The largest absolute Gasteiger partial charge is 0.480 e. The van der Waals surface area contributed by atoms with Gasteiger partial charge >= 0.3 is 5.97 Å². The van der Waals surface area contributed by atoms with Crippen molar-refractivity contribution >= 4 is 17.8 Å². The lowest BCUT2D eigenvalue weighted by molar-refractivity contribution is -0.142. The third-order valence-corrected chi connectivity index (χ3v) is 4.31. The quantitative estimate of drug-likeness (QED) is 0.331.